The Hall–Kier alpha value is -3.44. The van der Waals surface area contributed by atoms with Gasteiger partial charge in [-0.1, -0.05) is 6.92 Å². The van der Waals surface area contributed by atoms with Crippen LogP contribution in [0.1, 0.15) is 76.2 Å². The highest BCUT2D eigenvalue weighted by Gasteiger charge is 2.43. The van der Waals surface area contributed by atoms with Crippen LogP contribution in [0.5, 0.6) is 5.75 Å². The van der Waals surface area contributed by atoms with Crippen LogP contribution in [0.25, 0.3) is 0 Å². The summed E-state index contributed by atoms with van der Waals surface area (Å²) in [5.41, 5.74) is -2.00. The van der Waals surface area contributed by atoms with Crippen LogP contribution in [-0.2, 0) is 9.59 Å². The standard InChI is InChI=1S/C26H36F2N4O6/c1-6-21(33)29-9-11-31-19-12-18(17(22(27)28)13-20(19)38-26(4,5)24(31)35)23(34)32(15(2)3)16-8-7-10-30(14-16)25(36)37/h12-13,15-16,22H,6-11,14H2,1-5H3,(H,29,33)(H,36,37)/t16-/m1/s1. The summed E-state index contributed by atoms with van der Waals surface area (Å²) >= 11 is 0. The zero-order valence-electron chi connectivity index (χ0n) is 22.4. The van der Waals surface area contributed by atoms with Crippen molar-refractivity contribution in [2.75, 3.05) is 31.1 Å². The molecule has 0 radical (unpaired) electrons. The molecule has 38 heavy (non-hydrogen) atoms. The maximum absolute atomic E-state index is 14.3. The van der Waals surface area contributed by atoms with Crippen molar-refractivity contribution in [1.82, 2.24) is 15.1 Å². The van der Waals surface area contributed by atoms with Gasteiger partial charge >= 0.3 is 6.09 Å². The van der Waals surface area contributed by atoms with Crippen molar-refractivity contribution >= 4 is 29.5 Å². The number of anilines is 1. The van der Waals surface area contributed by atoms with Crippen molar-refractivity contribution in [3.8, 4) is 5.75 Å². The molecule has 4 amide bonds. The van der Waals surface area contributed by atoms with Crippen LogP contribution in [0.2, 0.25) is 0 Å². The number of benzene rings is 1. The number of piperidine rings is 1. The molecule has 0 aromatic heterocycles. The minimum absolute atomic E-state index is 0.0362. The van der Waals surface area contributed by atoms with E-state index in [2.05, 4.69) is 5.32 Å². The molecule has 1 fully saturated rings. The second-order valence-corrected chi connectivity index (χ2v) is 10.3. The zero-order valence-corrected chi connectivity index (χ0v) is 22.4. The number of rotatable bonds is 8. The van der Waals surface area contributed by atoms with Gasteiger partial charge in [-0.15, -0.1) is 0 Å². The average Bonchev–Trinajstić information content (AvgIpc) is 2.85. The fourth-order valence-corrected chi connectivity index (χ4v) is 4.97. The number of fused-ring (bicyclic) bond motifs is 1. The van der Waals surface area contributed by atoms with Gasteiger partial charge < -0.3 is 29.9 Å². The first-order valence-electron chi connectivity index (χ1n) is 12.8. The topological polar surface area (TPSA) is 119 Å². The molecule has 0 spiro atoms. The first-order chi connectivity index (χ1) is 17.8. The number of carboxylic acid groups (broad SMARTS) is 1. The highest BCUT2D eigenvalue weighted by atomic mass is 19.3. The van der Waals surface area contributed by atoms with Gasteiger partial charge in [-0.25, -0.2) is 13.6 Å². The molecule has 10 nitrogen and oxygen atoms in total. The number of carbonyl (C=O) groups is 4. The molecule has 0 saturated carbocycles. The fraction of sp³-hybridized carbons (Fsp3) is 0.615. The van der Waals surface area contributed by atoms with Gasteiger partial charge in [0.1, 0.15) is 5.75 Å². The Balaban J connectivity index is 2.05. The molecule has 2 N–H and O–H groups in total. The van der Waals surface area contributed by atoms with Crippen LogP contribution in [0, 0.1) is 0 Å². The van der Waals surface area contributed by atoms with Crippen LogP contribution in [0.15, 0.2) is 12.1 Å². The number of nitrogens with one attached hydrogen (secondary N) is 1. The van der Waals surface area contributed by atoms with Gasteiger partial charge in [0, 0.05) is 44.2 Å². The van der Waals surface area contributed by atoms with Crippen molar-refractivity contribution < 1.29 is 37.8 Å². The van der Waals surface area contributed by atoms with Gasteiger partial charge in [0.15, 0.2) is 5.60 Å². The number of ether oxygens (including phenoxy) is 1. The summed E-state index contributed by atoms with van der Waals surface area (Å²) in [5.74, 6) is -1.28. The Morgan fingerprint density at radius 3 is 2.53 bits per heavy atom. The molecule has 0 aliphatic carbocycles. The summed E-state index contributed by atoms with van der Waals surface area (Å²) in [5, 5.41) is 12.1. The van der Waals surface area contributed by atoms with Crippen molar-refractivity contribution in [1.29, 1.82) is 0 Å². The maximum atomic E-state index is 14.3. The lowest BCUT2D eigenvalue weighted by atomic mass is 9.97. The minimum Gasteiger partial charge on any atom is -0.476 e. The second-order valence-electron chi connectivity index (χ2n) is 10.3. The monoisotopic (exact) mass is 538 g/mol. The van der Waals surface area contributed by atoms with Crippen LogP contribution >= 0.6 is 0 Å². The molecule has 1 saturated heterocycles. The highest BCUT2D eigenvalue weighted by Crippen LogP contribution is 2.42. The van der Waals surface area contributed by atoms with Gasteiger partial charge in [-0.2, -0.15) is 0 Å². The molecule has 0 bridgehead atoms. The van der Waals surface area contributed by atoms with Crippen molar-refractivity contribution in [3.05, 3.63) is 23.3 Å². The smallest absolute Gasteiger partial charge is 0.407 e. The molecular weight excluding hydrogens is 502 g/mol. The van der Waals surface area contributed by atoms with Crippen LogP contribution < -0.4 is 15.0 Å². The highest BCUT2D eigenvalue weighted by molar-refractivity contribution is 6.05. The summed E-state index contributed by atoms with van der Waals surface area (Å²) < 4.78 is 34.4. The van der Waals surface area contributed by atoms with E-state index >= 15 is 0 Å². The molecule has 2 aliphatic heterocycles. The lowest BCUT2D eigenvalue weighted by Gasteiger charge is -2.42. The molecule has 3 rings (SSSR count). The summed E-state index contributed by atoms with van der Waals surface area (Å²) in [6.07, 6.45) is -2.77. The fourth-order valence-electron chi connectivity index (χ4n) is 4.97. The summed E-state index contributed by atoms with van der Waals surface area (Å²) in [7, 11) is 0. The van der Waals surface area contributed by atoms with Gasteiger partial charge in [-0.3, -0.25) is 14.4 Å². The van der Waals surface area contributed by atoms with E-state index in [1.165, 1.54) is 34.6 Å². The SMILES string of the molecule is CCC(=O)NCCN1C(=O)C(C)(C)Oc2cc(C(F)F)c(C(=O)N(C(C)C)[C@@H]3CCCN(C(=O)O)C3)cc21. The van der Waals surface area contributed by atoms with E-state index in [9.17, 15) is 33.1 Å². The predicted octanol–water partition coefficient (Wildman–Crippen LogP) is 3.65. The van der Waals surface area contributed by atoms with Gasteiger partial charge in [-0.05, 0) is 52.7 Å². The summed E-state index contributed by atoms with van der Waals surface area (Å²) in [6, 6.07) is 1.45. The minimum atomic E-state index is -3.00. The van der Waals surface area contributed by atoms with E-state index in [0.717, 1.165) is 6.07 Å². The number of halogens is 2. The summed E-state index contributed by atoms with van der Waals surface area (Å²) in [6.45, 7) is 8.82. The quantitative estimate of drug-likeness (QED) is 0.522. The Kier molecular flexibility index (Phi) is 8.83. The van der Waals surface area contributed by atoms with E-state index < -0.39 is 47.6 Å². The molecule has 2 aliphatic rings. The van der Waals surface area contributed by atoms with E-state index in [0.29, 0.717) is 19.4 Å². The van der Waals surface area contributed by atoms with Gasteiger partial charge in [0.05, 0.1) is 17.3 Å². The third-order valence-electron chi connectivity index (χ3n) is 6.84. The Morgan fingerprint density at radius 1 is 1.26 bits per heavy atom. The van der Waals surface area contributed by atoms with Crippen molar-refractivity contribution in [2.24, 2.45) is 0 Å². The first kappa shape index (κ1) is 29.1. The van der Waals surface area contributed by atoms with Crippen LogP contribution in [-0.4, -0.2) is 82.6 Å². The third-order valence-corrected chi connectivity index (χ3v) is 6.84. The lowest BCUT2D eigenvalue weighted by Crippen LogP contribution is -2.55. The molecule has 1 aromatic carbocycles. The van der Waals surface area contributed by atoms with E-state index in [1.807, 2.05) is 0 Å². The number of amides is 4. The normalized spacial score (nSPS) is 18.8. The van der Waals surface area contributed by atoms with Crippen molar-refractivity contribution in [3.63, 3.8) is 0 Å². The number of likely N-dealkylation sites (tertiary alicyclic amines) is 1. The Labute approximate surface area is 220 Å². The Bertz CT molecular complexity index is 1090. The van der Waals surface area contributed by atoms with Gasteiger partial charge in [0.2, 0.25) is 5.91 Å². The molecular formula is C26H36F2N4O6. The molecule has 210 valence electrons. The number of hydrogen-bond donors (Lipinski definition) is 2. The number of nitrogens with zero attached hydrogens (tertiary/aromatic N) is 3. The van der Waals surface area contributed by atoms with E-state index in [1.54, 1.807) is 20.8 Å². The van der Waals surface area contributed by atoms with Crippen LogP contribution in [0.3, 0.4) is 0 Å². The Morgan fingerprint density at radius 2 is 1.95 bits per heavy atom. The second kappa shape index (κ2) is 11.5. The molecule has 12 heteroatoms. The zero-order chi connectivity index (χ0) is 28.4. The first-order valence-corrected chi connectivity index (χ1v) is 12.8. The number of alkyl halides is 2. The number of carbonyl (C=O) groups excluding carboxylic acids is 3. The van der Waals surface area contributed by atoms with Crippen molar-refractivity contribution in [2.45, 2.75) is 78.0 Å². The molecule has 1 aromatic rings. The van der Waals surface area contributed by atoms with E-state index in [4.69, 9.17) is 4.74 Å². The van der Waals surface area contributed by atoms with E-state index in [-0.39, 0.29) is 49.0 Å². The predicted molar refractivity (Wildman–Crippen MR) is 136 cm³/mol. The summed E-state index contributed by atoms with van der Waals surface area (Å²) in [4.78, 5) is 54.4. The van der Waals surface area contributed by atoms with Gasteiger partial charge in [0.25, 0.3) is 18.2 Å². The third kappa shape index (κ3) is 5.99. The molecule has 0 unspecified atom stereocenters. The average molecular weight is 539 g/mol. The lowest BCUT2D eigenvalue weighted by molar-refractivity contribution is -0.132. The molecule has 1 atom stereocenters. The largest absolute Gasteiger partial charge is 0.476 e. The molecule has 2 heterocycles. The maximum Gasteiger partial charge on any atom is 0.407 e. The van der Waals surface area contributed by atoms with Crippen LogP contribution in [0.4, 0.5) is 19.3 Å². The number of hydrogen-bond acceptors (Lipinski definition) is 5.